The van der Waals surface area contributed by atoms with Gasteiger partial charge in [-0.1, -0.05) is 0 Å². The first-order chi connectivity index (χ1) is 14.6. The van der Waals surface area contributed by atoms with E-state index in [1.807, 2.05) is 43.0 Å². The summed E-state index contributed by atoms with van der Waals surface area (Å²) in [5, 5.41) is 10.6. The summed E-state index contributed by atoms with van der Waals surface area (Å²) in [6, 6.07) is 12.5. The number of carbonyl (C=O) groups is 1. The van der Waals surface area contributed by atoms with Crippen LogP contribution in [-0.4, -0.2) is 42.2 Å². The van der Waals surface area contributed by atoms with Gasteiger partial charge in [0.2, 0.25) is 0 Å². The standard InChI is InChI=1S/C23H27NO6/c1-3-27-23-11-18(15-25)7-9-22(23)29-16-19(26)12-24(13-20-5-4-10-28-20)14-21-8-6-17(2)30-21/h4-11,15,19,26H,3,12-14,16H2,1-2H3. The third-order valence-corrected chi connectivity index (χ3v) is 4.44. The molecule has 1 aromatic carbocycles. The molecule has 2 heterocycles. The fourth-order valence-electron chi connectivity index (χ4n) is 3.12. The Kier molecular flexibility index (Phi) is 7.70. The smallest absolute Gasteiger partial charge is 0.161 e. The van der Waals surface area contributed by atoms with Crippen LogP contribution in [0.5, 0.6) is 11.5 Å². The molecule has 30 heavy (non-hydrogen) atoms. The number of nitrogens with zero attached hydrogens (tertiary/aromatic N) is 1. The van der Waals surface area contributed by atoms with Gasteiger partial charge in [0.25, 0.3) is 0 Å². The molecule has 1 N–H and O–H groups in total. The highest BCUT2D eigenvalue weighted by atomic mass is 16.5. The predicted octanol–water partition coefficient (Wildman–Crippen LogP) is 3.83. The number of aliphatic hydroxyl groups excluding tert-OH is 1. The Hall–Kier alpha value is -3.03. The number of aldehydes is 1. The Morgan fingerprint density at radius 1 is 1.10 bits per heavy atom. The van der Waals surface area contributed by atoms with Crippen molar-refractivity contribution in [2.45, 2.75) is 33.0 Å². The minimum absolute atomic E-state index is 0.0757. The third kappa shape index (κ3) is 6.23. The molecule has 7 heteroatoms. The zero-order valence-corrected chi connectivity index (χ0v) is 17.2. The Morgan fingerprint density at radius 2 is 1.93 bits per heavy atom. The van der Waals surface area contributed by atoms with Crippen molar-refractivity contribution in [3.05, 3.63) is 71.6 Å². The molecule has 2 aromatic heterocycles. The topological polar surface area (TPSA) is 85.3 Å². The molecule has 3 rings (SSSR count). The van der Waals surface area contributed by atoms with Crippen molar-refractivity contribution in [2.75, 3.05) is 19.8 Å². The number of rotatable bonds is 12. The van der Waals surface area contributed by atoms with Crippen LogP contribution < -0.4 is 9.47 Å². The molecule has 160 valence electrons. The second kappa shape index (κ2) is 10.7. The molecule has 3 aromatic rings. The molecule has 0 amide bonds. The van der Waals surface area contributed by atoms with Gasteiger partial charge in [-0.3, -0.25) is 9.69 Å². The average Bonchev–Trinajstić information content (AvgIpc) is 3.38. The lowest BCUT2D eigenvalue weighted by molar-refractivity contribution is 0.0569. The zero-order chi connectivity index (χ0) is 21.3. The molecule has 0 spiro atoms. The van der Waals surface area contributed by atoms with Crippen LogP contribution in [0.25, 0.3) is 0 Å². The first kappa shape index (κ1) is 21.7. The number of benzene rings is 1. The molecule has 0 saturated heterocycles. The highest BCUT2D eigenvalue weighted by Crippen LogP contribution is 2.28. The van der Waals surface area contributed by atoms with Crippen LogP contribution in [0, 0.1) is 6.92 Å². The molecule has 0 aliphatic carbocycles. The van der Waals surface area contributed by atoms with E-state index in [4.69, 9.17) is 18.3 Å². The normalized spacial score (nSPS) is 12.1. The molecule has 1 unspecified atom stereocenters. The van der Waals surface area contributed by atoms with Crippen LogP contribution in [-0.2, 0) is 13.1 Å². The molecule has 7 nitrogen and oxygen atoms in total. The van der Waals surface area contributed by atoms with Gasteiger partial charge in [-0.25, -0.2) is 0 Å². The van der Waals surface area contributed by atoms with Crippen molar-refractivity contribution in [3.8, 4) is 11.5 Å². The number of aliphatic hydroxyl groups is 1. The molecular weight excluding hydrogens is 386 g/mol. The van der Waals surface area contributed by atoms with E-state index in [9.17, 15) is 9.90 Å². The Balaban J connectivity index is 1.62. The number of ether oxygens (including phenoxy) is 2. The second-order valence-corrected chi connectivity index (χ2v) is 6.98. The van der Waals surface area contributed by atoms with Crippen molar-refractivity contribution in [2.24, 2.45) is 0 Å². The van der Waals surface area contributed by atoms with Gasteiger partial charge in [0.15, 0.2) is 11.5 Å². The number of aryl methyl sites for hydroxylation is 1. The van der Waals surface area contributed by atoms with Gasteiger partial charge in [-0.2, -0.15) is 0 Å². The lowest BCUT2D eigenvalue weighted by Gasteiger charge is -2.23. The molecule has 1 atom stereocenters. The lowest BCUT2D eigenvalue weighted by Crippen LogP contribution is -2.35. The summed E-state index contributed by atoms with van der Waals surface area (Å²) in [7, 11) is 0. The third-order valence-electron chi connectivity index (χ3n) is 4.44. The van der Waals surface area contributed by atoms with Gasteiger partial charge < -0.3 is 23.4 Å². The van der Waals surface area contributed by atoms with E-state index in [-0.39, 0.29) is 6.61 Å². The van der Waals surface area contributed by atoms with E-state index in [1.54, 1.807) is 24.5 Å². The van der Waals surface area contributed by atoms with Crippen molar-refractivity contribution >= 4 is 6.29 Å². The fraction of sp³-hybridized carbons (Fsp3) is 0.348. The van der Waals surface area contributed by atoms with Gasteiger partial charge in [-0.05, 0) is 56.3 Å². The van der Waals surface area contributed by atoms with Gasteiger partial charge in [0, 0.05) is 12.1 Å². The van der Waals surface area contributed by atoms with Gasteiger partial charge in [0.1, 0.15) is 36.3 Å². The molecule has 0 aliphatic rings. The van der Waals surface area contributed by atoms with Crippen LogP contribution in [0.1, 0.15) is 34.6 Å². The molecule has 0 bridgehead atoms. The van der Waals surface area contributed by atoms with E-state index in [0.717, 1.165) is 23.6 Å². The van der Waals surface area contributed by atoms with Crippen LogP contribution in [0.4, 0.5) is 0 Å². The number of furan rings is 2. The minimum Gasteiger partial charge on any atom is -0.490 e. The molecular formula is C23H27NO6. The monoisotopic (exact) mass is 413 g/mol. The summed E-state index contributed by atoms with van der Waals surface area (Å²) < 4.78 is 22.5. The number of carbonyl (C=O) groups excluding carboxylic acids is 1. The highest BCUT2D eigenvalue weighted by Gasteiger charge is 2.17. The van der Waals surface area contributed by atoms with E-state index in [1.165, 1.54) is 0 Å². The van der Waals surface area contributed by atoms with Gasteiger partial charge >= 0.3 is 0 Å². The van der Waals surface area contributed by atoms with Gasteiger partial charge in [-0.15, -0.1) is 0 Å². The Bertz CT molecular complexity index is 918. The number of hydrogen-bond acceptors (Lipinski definition) is 7. The van der Waals surface area contributed by atoms with Crippen molar-refractivity contribution in [3.63, 3.8) is 0 Å². The first-order valence-corrected chi connectivity index (χ1v) is 9.90. The fourth-order valence-corrected chi connectivity index (χ4v) is 3.12. The second-order valence-electron chi connectivity index (χ2n) is 6.98. The largest absolute Gasteiger partial charge is 0.490 e. The Labute approximate surface area is 175 Å². The molecule has 0 fully saturated rings. The van der Waals surface area contributed by atoms with E-state index in [2.05, 4.69) is 0 Å². The van der Waals surface area contributed by atoms with Crippen LogP contribution in [0.15, 0.2) is 57.6 Å². The summed E-state index contributed by atoms with van der Waals surface area (Å²) in [5.41, 5.74) is 0.504. The molecule has 0 aliphatic heterocycles. The lowest BCUT2D eigenvalue weighted by atomic mass is 10.2. The SMILES string of the molecule is CCOc1cc(C=O)ccc1OCC(O)CN(Cc1ccco1)Cc1ccc(C)o1. The molecule has 0 radical (unpaired) electrons. The van der Waals surface area contributed by atoms with E-state index in [0.29, 0.717) is 43.3 Å². The van der Waals surface area contributed by atoms with Crippen molar-refractivity contribution < 1.29 is 28.2 Å². The number of hydrogen-bond donors (Lipinski definition) is 1. The summed E-state index contributed by atoms with van der Waals surface area (Å²) in [4.78, 5) is 13.0. The first-order valence-electron chi connectivity index (χ1n) is 9.90. The van der Waals surface area contributed by atoms with Crippen LogP contribution >= 0.6 is 0 Å². The summed E-state index contributed by atoms with van der Waals surface area (Å²) in [6.07, 6.45) is 1.63. The highest BCUT2D eigenvalue weighted by molar-refractivity contribution is 5.76. The Morgan fingerprint density at radius 3 is 2.60 bits per heavy atom. The zero-order valence-electron chi connectivity index (χ0n) is 17.2. The quantitative estimate of drug-likeness (QED) is 0.452. The van der Waals surface area contributed by atoms with Gasteiger partial charge in [0.05, 0.1) is 26.0 Å². The summed E-state index contributed by atoms with van der Waals surface area (Å²) in [5.74, 6) is 3.42. The maximum absolute atomic E-state index is 11.0. The van der Waals surface area contributed by atoms with Crippen LogP contribution in [0.2, 0.25) is 0 Å². The van der Waals surface area contributed by atoms with Crippen molar-refractivity contribution in [1.29, 1.82) is 0 Å². The minimum atomic E-state index is -0.753. The van der Waals surface area contributed by atoms with E-state index >= 15 is 0 Å². The van der Waals surface area contributed by atoms with E-state index < -0.39 is 6.10 Å². The van der Waals surface area contributed by atoms with Crippen LogP contribution in [0.3, 0.4) is 0 Å². The average molecular weight is 413 g/mol. The van der Waals surface area contributed by atoms with Crippen molar-refractivity contribution in [1.82, 2.24) is 4.90 Å². The maximum atomic E-state index is 11.0. The summed E-state index contributed by atoms with van der Waals surface area (Å²) in [6.45, 7) is 5.69. The summed E-state index contributed by atoms with van der Waals surface area (Å²) >= 11 is 0. The predicted molar refractivity (Wildman–Crippen MR) is 111 cm³/mol. The maximum Gasteiger partial charge on any atom is 0.161 e. The molecule has 0 saturated carbocycles.